The molecule has 22 heavy (non-hydrogen) atoms. The quantitative estimate of drug-likeness (QED) is 0.585. The molecule has 0 aliphatic rings. The number of aryl methyl sites for hydroxylation is 1. The van der Waals surface area contributed by atoms with Crippen molar-refractivity contribution in [3.8, 4) is 11.3 Å². The van der Waals surface area contributed by atoms with E-state index in [1.54, 1.807) is 16.8 Å². The van der Waals surface area contributed by atoms with E-state index in [0.29, 0.717) is 17.8 Å². The summed E-state index contributed by atoms with van der Waals surface area (Å²) in [5.41, 5.74) is 4.17. The first kappa shape index (κ1) is 14.8. The first-order valence-corrected chi connectivity index (χ1v) is 7.73. The Morgan fingerprint density at radius 2 is 2.09 bits per heavy atom. The molecule has 0 saturated carbocycles. The van der Waals surface area contributed by atoms with Gasteiger partial charge >= 0.3 is 0 Å². The first-order valence-electron chi connectivity index (χ1n) is 7.28. The van der Waals surface area contributed by atoms with Crippen LogP contribution in [0, 0.1) is 6.92 Å². The number of fused-ring (bicyclic) bond motifs is 1. The van der Waals surface area contributed by atoms with Crippen LogP contribution in [0.4, 0.5) is 0 Å². The molecule has 112 valence electrons. The van der Waals surface area contributed by atoms with Crippen LogP contribution in [0.2, 0.25) is 0 Å². The average Bonchev–Trinajstić information content (AvgIpc) is 2.94. The third kappa shape index (κ3) is 2.64. The third-order valence-electron chi connectivity index (χ3n) is 3.63. The summed E-state index contributed by atoms with van der Waals surface area (Å²) in [5, 5.41) is 4.44. The predicted octanol–water partition coefficient (Wildman–Crippen LogP) is 3.98. The summed E-state index contributed by atoms with van der Waals surface area (Å²) in [5.74, 6) is 0.0535. The van der Waals surface area contributed by atoms with E-state index in [1.165, 1.54) is 0 Å². The average molecular weight is 311 g/mol. The lowest BCUT2D eigenvalue weighted by atomic mass is 10.1. The molecule has 2 heterocycles. The number of benzene rings is 1. The number of aromatic nitrogens is 3. The minimum absolute atomic E-state index is 0.0535. The van der Waals surface area contributed by atoms with Gasteiger partial charge in [0, 0.05) is 29.1 Å². The molecule has 5 heteroatoms. The van der Waals surface area contributed by atoms with Crippen LogP contribution in [-0.4, -0.2) is 20.4 Å². The summed E-state index contributed by atoms with van der Waals surface area (Å²) < 4.78 is 1.72. The minimum atomic E-state index is 0.0535. The van der Waals surface area contributed by atoms with Gasteiger partial charge < -0.3 is 0 Å². The highest BCUT2D eigenvalue weighted by atomic mass is 32.1. The van der Waals surface area contributed by atoms with Crippen molar-refractivity contribution in [2.45, 2.75) is 31.6 Å². The third-order valence-corrected chi connectivity index (χ3v) is 4.11. The Bertz CT molecular complexity index is 854. The van der Waals surface area contributed by atoms with Crippen molar-refractivity contribution in [3.63, 3.8) is 0 Å². The molecule has 3 aromatic rings. The van der Waals surface area contributed by atoms with E-state index in [0.717, 1.165) is 28.1 Å². The van der Waals surface area contributed by atoms with Gasteiger partial charge in [0.05, 0.1) is 5.69 Å². The van der Waals surface area contributed by atoms with Crippen molar-refractivity contribution in [1.29, 1.82) is 0 Å². The van der Waals surface area contributed by atoms with Gasteiger partial charge in [0.2, 0.25) is 0 Å². The van der Waals surface area contributed by atoms with Gasteiger partial charge in [-0.15, -0.1) is 12.6 Å². The maximum absolute atomic E-state index is 12.0. The molecule has 0 unspecified atom stereocenters. The lowest BCUT2D eigenvalue weighted by Crippen LogP contribution is -2.01. The molecular formula is C17H17N3OS. The topological polar surface area (TPSA) is 47.3 Å². The Labute approximate surface area is 134 Å². The smallest absolute Gasteiger partial charge is 0.183 e. The molecule has 0 atom stereocenters. The van der Waals surface area contributed by atoms with Crippen LogP contribution in [0.3, 0.4) is 0 Å². The molecule has 2 aromatic heterocycles. The van der Waals surface area contributed by atoms with Crippen LogP contribution >= 0.6 is 12.6 Å². The van der Waals surface area contributed by atoms with E-state index < -0.39 is 0 Å². The Morgan fingerprint density at radius 1 is 1.27 bits per heavy atom. The van der Waals surface area contributed by atoms with Gasteiger partial charge in [-0.25, -0.2) is 9.50 Å². The number of nitrogens with zero attached hydrogens (tertiary/aromatic N) is 3. The minimum Gasteiger partial charge on any atom is -0.292 e. The van der Waals surface area contributed by atoms with Gasteiger partial charge in [0.1, 0.15) is 5.69 Å². The molecular weight excluding hydrogens is 294 g/mol. The number of carbonyl (C=O) groups is 1. The fraction of sp³-hybridized carbons (Fsp3) is 0.235. The standard InChI is InChI=1S/C17H17N3OS/c1-3-4-15(21)13-10-17-18-8-7-14(20(17)19-13)12-6-5-11(2)16(22)9-12/h5-10,22H,3-4H2,1-2H3. The van der Waals surface area contributed by atoms with Crippen molar-refractivity contribution in [1.82, 2.24) is 14.6 Å². The number of carbonyl (C=O) groups excluding carboxylic acids is 1. The molecule has 0 aliphatic carbocycles. The van der Waals surface area contributed by atoms with Crippen molar-refractivity contribution in [3.05, 3.63) is 47.8 Å². The largest absolute Gasteiger partial charge is 0.292 e. The maximum Gasteiger partial charge on any atom is 0.183 e. The lowest BCUT2D eigenvalue weighted by molar-refractivity contribution is 0.0976. The van der Waals surface area contributed by atoms with Crippen molar-refractivity contribution >= 4 is 24.1 Å². The van der Waals surface area contributed by atoms with Crippen LogP contribution < -0.4 is 0 Å². The molecule has 3 rings (SSSR count). The molecule has 0 aliphatic heterocycles. The van der Waals surface area contributed by atoms with E-state index in [-0.39, 0.29) is 5.78 Å². The van der Waals surface area contributed by atoms with Gasteiger partial charge in [-0.2, -0.15) is 5.10 Å². The van der Waals surface area contributed by atoms with E-state index in [4.69, 9.17) is 0 Å². The molecule has 0 amide bonds. The SMILES string of the molecule is CCCC(=O)c1cc2nccc(-c3ccc(C)c(S)c3)n2n1. The first-order chi connectivity index (χ1) is 10.6. The molecule has 0 bridgehead atoms. The number of ketones is 1. The molecule has 0 fully saturated rings. The molecule has 0 saturated heterocycles. The summed E-state index contributed by atoms with van der Waals surface area (Å²) in [6, 6.07) is 9.70. The number of hydrogen-bond acceptors (Lipinski definition) is 4. The number of thiol groups is 1. The second-order valence-electron chi connectivity index (χ2n) is 5.30. The summed E-state index contributed by atoms with van der Waals surface area (Å²) >= 11 is 4.48. The van der Waals surface area contributed by atoms with Gasteiger partial charge in [0.25, 0.3) is 0 Å². The van der Waals surface area contributed by atoms with Gasteiger partial charge in [-0.3, -0.25) is 4.79 Å². The highest BCUT2D eigenvalue weighted by Crippen LogP contribution is 2.24. The number of Topliss-reactive ketones (excluding diaryl/α,β-unsaturated/α-hetero) is 1. The highest BCUT2D eigenvalue weighted by Gasteiger charge is 2.13. The number of hydrogen-bond donors (Lipinski definition) is 1. The van der Waals surface area contributed by atoms with Crippen molar-refractivity contribution in [2.75, 3.05) is 0 Å². The van der Waals surface area contributed by atoms with Gasteiger partial charge in [-0.05, 0) is 31.0 Å². The van der Waals surface area contributed by atoms with E-state index in [9.17, 15) is 4.79 Å². The van der Waals surface area contributed by atoms with Crippen LogP contribution in [0.5, 0.6) is 0 Å². The zero-order chi connectivity index (χ0) is 15.7. The normalized spacial score (nSPS) is 11.0. The molecule has 0 N–H and O–H groups in total. The Kier molecular flexibility index (Phi) is 3.98. The Morgan fingerprint density at radius 3 is 2.82 bits per heavy atom. The Balaban J connectivity index is 2.13. The van der Waals surface area contributed by atoms with Crippen molar-refractivity contribution < 1.29 is 4.79 Å². The molecule has 1 aromatic carbocycles. The molecule has 4 nitrogen and oxygen atoms in total. The predicted molar refractivity (Wildman–Crippen MR) is 89.7 cm³/mol. The van der Waals surface area contributed by atoms with Gasteiger partial charge in [-0.1, -0.05) is 19.1 Å². The van der Waals surface area contributed by atoms with E-state index in [1.807, 2.05) is 38.1 Å². The monoisotopic (exact) mass is 311 g/mol. The second-order valence-corrected chi connectivity index (χ2v) is 5.79. The second kappa shape index (κ2) is 5.93. The fourth-order valence-electron chi connectivity index (χ4n) is 2.37. The zero-order valence-corrected chi connectivity index (χ0v) is 13.5. The van der Waals surface area contributed by atoms with Gasteiger partial charge in [0.15, 0.2) is 11.4 Å². The zero-order valence-electron chi connectivity index (χ0n) is 12.6. The summed E-state index contributed by atoms with van der Waals surface area (Å²) in [7, 11) is 0. The fourth-order valence-corrected chi connectivity index (χ4v) is 2.59. The van der Waals surface area contributed by atoms with E-state index >= 15 is 0 Å². The number of rotatable bonds is 4. The summed E-state index contributed by atoms with van der Waals surface area (Å²) in [4.78, 5) is 17.3. The lowest BCUT2D eigenvalue weighted by Gasteiger charge is -2.06. The molecule has 0 radical (unpaired) electrons. The summed E-state index contributed by atoms with van der Waals surface area (Å²) in [6.45, 7) is 4.00. The molecule has 0 spiro atoms. The van der Waals surface area contributed by atoms with Crippen LogP contribution in [0.15, 0.2) is 41.4 Å². The van der Waals surface area contributed by atoms with E-state index in [2.05, 4.69) is 22.7 Å². The maximum atomic E-state index is 12.0. The van der Waals surface area contributed by atoms with Crippen LogP contribution in [0.1, 0.15) is 35.8 Å². The Hall–Kier alpha value is -2.14. The highest BCUT2D eigenvalue weighted by molar-refractivity contribution is 7.80. The summed E-state index contributed by atoms with van der Waals surface area (Å²) in [6.07, 6.45) is 3.05. The van der Waals surface area contributed by atoms with Crippen LogP contribution in [0.25, 0.3) is 16.9 Å². The van der Waals surface area contributed by atoms with Crippen molar-refractivity contribution in [2.24, 2.45) is 0 Å². The van der Waals surface area contributed by atoms with Crippen LogP contribution in [-0.2, 0) is 0 Å².